The summed E-state index contributed by atoms with van der Waals surface area (Å²) in [5.74, 6) is 1.56. The minimum absolute atomic E-state index is 0.267. The number of aryl methyl sites for hydroxylation is 1. The van der Waals surface area contributed by atoms with Gasteiger partial charge in [-0.05, 0) is 25.1 Å². The molecule has 3 rings (SSSR count). The van der Waals surface area contributed by atoms with Crippen molar-refractivity contribution in [1.29, 1.82) is 0 Å². The van der Waals surface area contributed by atoms with Crippen LogP contribution >= 0.6 is 0 Å². The third-order valence-corrected chi connectivity index (χ3v) is 3.74. The maximum atomic E-state index is 12.2. The maximum absolute atomic E-state index is 12.2. The van der Waals surface area contributed by atoms with Gasteiger partial charge >= 0.3 is 0 Å². The van der Waals surface area contributed by atoms with Crippen LogP contribution < -0.4 is 20.3 Å². The molecular weight excluding hydrogens is 352 g/mol. The van der Waals surface area contributed by atoms with E-state index in [-0.39, 0.29) is 12.4 Å². The van der Waals surface area contributed by atoms with Crippen LogP contribution in [0.15, 0.2) is 45.7 Å². The third kappa shape index (κ3) is 4.14. The van der Waals surface area contributed by atoms with E-state index < -0.39 is 11.5 Å². The van der Waals surface area contributed by atoms with Crippen molar-refractivity contribution in [3.05, 3.63) is 52.5 Å². The van der Waals surface area contributed by atoms with Crippen LogP contribution in [0.4, 0.5) is 5.82 Å². The number of benzene rings is 1. The molecule has 27 heavy (non-hydrogen) atoms. The molecule has 140 valence electrons. The number of carbonyl (C=O) groups excluding carboxylic acids is 1. The second-order valence-corrected chi connectivity index (χ2v) is 5.65. The molecule has 0 fully saturated rings. The second kappa shape index (κ2) is 7.73. The zero-order valence-corrected chi connectivity index (χ0v) is 15.1. The normalized spacial score (nSPS) is 10.5. The van der Waals surface area contributed by atoms with Crippen LogP contribution in [0.5, 0.6) is 11.5 Å². The molecule has 0 saturated heterocycles. The first kappa shape index (κ1) is 18.2. The van der Waals surface area contributed by atoms with Gasteiger partial charge in [0, 0.05) is 23.8 Å². The molecule has 0 atom stereocenters. The van der Waals surface area contributed by atoms with E-state index in [0.29, 0.717) is 28.5 Å². The van der Waals surface area contributed by atoms with Crippen molar-refractivity contribution in [3.63, 3.8) is 0 Å². The molecule has 0 unspecified atom stereocenters. The maximum Gasteiger partial charge on any atom is 0.267 e. The number of methoxy groups -OCH3 is 2. The summed E-state index contributed by atoms with van der Waals surface area (Å²) < 4.78 is 16.5. The number of hydrogen-bond acceptors (Lipinski definition) is 7. The van der Waals surface area contributed by atoms with Crippen molar-refractivity contribution in [2.45, 2.75) is 13.5 Å². The van der Waals surface area contributed by atoms with Crippen molar-refractivity contribution in [3.8, 4) is 22.8 Å². The van der Waals surface area contributed by atoms with E-state index >= 15 is 0 Å². The first-order valence-corrected chi connectivity index (χ1v) is 8.04. The van der Waals surface area contributed by atoms with E-state index in [1.807, 2.05) is 0 Å². The highest BCUT2D eigenvalue weighted by atomic mass is 16.5. The number of rotatable bonds is 6. The Morgan fingerprint density at radius 1 is 1.19 bits per heavy atom. The average molecular weight is 370 g/mol. The lowest BCUT2D eigenvalue weighted by Gasteiger charge is -2.11. The summed E-state index contributed by atoms with van der Waals surface area (Å²) in [4.78, 5) is 24.2. The average Bonchev–Trinajstić information content (AvgIpc) is 3.07. The number of nitrogens with zero attached hydrogens (tertiary/aromatic N) is 3. The first-order valence-electron chi connectivity index (χ1n) is 8.04. The second-order valence-electron chi connectivity index (χ2n) is 5.65. The predicted molar refractivity (Wildman–Crippen MR) is 96.9 cm³/mol. The summed E-state index contributed by atoms with van der Waals surface area (Å²) in [6.07, 6.45) is 0. The van der Waals surface area contributed by atoms with E-state index in [1.54, 1.807) is 44.4 Å². The fraction of sp³-hybridized carbons (Fsp3) is 0.222. The Morgan fingerprint density at radius 2 is 2.00 bits per heavy atom. The van der Waals surface area contributed by atoms with Crippen molar-refractivity contribution in [2.75, 3.05) is 19.5 Å². The fourth-order valence-corrected chi connectivity index (χ4v) is 2.46. The highest BCUT2D eigenvalue weighted by Gasteiger charge is 2.13. The number of carbonyl (C=O) groups is 1. The lowest BCUT2D eigenvalue weighted by molar-refractivity contribution is -0.117. The molecule has 1 N–H and O–H groups in total. The first-order chi connectivity index (χ1) is 13.0. The molecule has 0 bridgehead atoms. The standard InChI is InChI=1S/C18H18N4O5/c1-11-8-16(21-27-11)19-17(23)10-22-18(24)7-6-14(20-22)13-5-4-12(25-2)9-15(13)26-3/h4-9H,10H2,1-3H3,(H,19,21,23). The van der Waals surface area contributed by atoms with Gasteiger partial charge in [-0.2, -0.15) is 5.10 Å². The minimum Gasteiger partial charge on any atom is -0.497 e. The van der Waals surface area contributed by atoms with Crippen LogP contribution in [0.25, 0.3) is 11.3 Å². The molecule has 1 amide bonds. The number of aromatic nitrogens is 3. The smallest absolute Gasteiger partial charge is 0.267 e. The molecule has 0 saturated carbocycles. The monoisotopic (exact) mass is 370 g/mol. The van der Waals surface area contributed by atoms with Gasteiger partial charge in [-0.25, -0.2) is 4.68 Å². The van der Waals surface area contributed by atoms with Crippen molar-refractivity contribution in [1.82, 2.24) is 14.9 Å². The van der Waals surface area contributed by atoms with Gasteiger partial charge < -0.3 is 19.3 Å². The lowest BCUT2D eigenvalue weighted by Crippen LogP contribution is -2.29. The number of nitrogens with one attached hydrogen (secondary N) is 1. The van der Waals surface area contributed by atoms with Gasteiger partial charge in [-0.3, -0.25) is 9.59 Å². The van der Waals surface area contributed by atoms with Gasteiger partial charge in [0.2, 0.25) is 5.91 Å². The van der Waals surface area contributed by atoms with Crippen molar-refractivity contribution >= 4 is 11.7 Å². The number of anilines is 1. The third-order valence-electron chi connectivity index (χ3n) is 3.74. The molecule has 0 radical (unpaired) electrons. The molecule has 9 nitrogen and oxygen atoms in total. The predicted octanol–water partition coefficient (Wildman–Crippen LogP) is 1.86. The van der Waals surface area contributed by atoms with Gasteiger partial charge in [0.25, 0.3) is 5.56 Å². The summed E-state index contributed by atoms with van der Waals surface area (Å²) in [7, 11) is 3.09. The van der Waals surface area contributed by atoms with Crippen LogP contribution in [-0.4, -0.2) is 35.1 Å². The molecule has 0 aliphatic carbocycles. The SMILES string of the molecule is COc1ccc(-c2ccc(=O)n(CC(=O)Nc3cc(C)on3)n2)c(OC)c1. The van der Waals surface area contributed by atoms with Crippen molar-refractivity contribution < 1.29 is 18.8 Å². The molecule has 0 spiro atoms. The minimum atomic E-state index is -0.447. The Morgan fingerprint density at radius 3 is 2.67 bits per heavy atom. The van der Waals surface area contributed by atoms with Crippen LogP contribution in [0.2, 0.25) is 0 Å². The lowest BCUT2D eigenvalue weighted by atomic mass is 10.1. The van der Waals surface area contributed by atoms with Crippen LogP contribution in [0, 0.1) is 6.92 Å². The molecule has 2 heterocycles. The summed E-state index contributed by atoms with van der Waals surface area (Å²) >= 11 is 0. The Hall–Kier alpha value is -3.62. The van der Waals surface area contributed by atoms with E-state index in [9.17, 15) is 9.59 Å². The Balaban J connectivity index is 1.86. The summed E-state index contributed by atoms with van der Waals surface area (Å²) in [6.45, 7) is 1.44. The quantitative estimate of drug-likeness (QED) is 0.705. The van der Waals surface area contributed by atoms with E-state index in [0.717, 1.165) is 4.68 Å². The Labute approximate surface area is 154 Å². The summed E-state index contributed by atoms with van der Waals surface area (Å²) in [5.41, 5.74) is 0.747. The molecule has 3 aromatic rings. The highest BCUT2D eigenvalue weighted by molar-refractivity contribution is 5.89. The van der Waals surface area contributed by atoms with Gasteiger partial charge in [0.05, 0.1) is 19.9 Å². The molecular formula is C18H18N4O5. The van der Waals surface area contributed by atoms with E-state index in [1.165, 1.54) is 13.2 Å². The number of hydrogen-bond donors (Lipinski definition) is 1. The number of ether oxygens (including phenoxy) is 2. The zero-order chi connectivity index (χ0) is 19.4. The fourth-order valence-electron chi connectivity index (χ4n) is 2.46. The Kier molecular flexibility index (Phi) is 5.20. The van der Waals surface area contributed by atoms with Gasteiger partial charge in [0.1, 0.15) is 23.8 Å². The molecule has 0 aliphatic rings. The molecule has 1 aromatic carbocycles. The summed E-state index contributed by atoms with van der Waals surface area (Å²) in [6, 6.07) is 9.74. The van der Waals surface area contributed by atoms with Gasteiger partial charge in [-0.1, -0.05) is 5.16 Å². The summed E-state index contributed by atoms with van der Waals surface area (Å²) in [5, 5.41) is 10.5. The van der Waals surface area contributed by atoms with Crippen LogP contribution in [-0.2, 0) is 11.3 Å². The van der Waals surface area contributed by atoms with Gasteiger partial charge in [0.15, 0.2) is 5.82 Å². The van der Waals surface area contributed by atoms with Crippen LogP contribution in [0.1, 0.15) is 5.76 Å². The Bertz CT molecular complexity index is 1020. The molecule has 9 heteroatoms. The molecule has 2 aromatic heterocycles. The number of amides is 1. The largest absolute Gasteiger partial charge is 0.497 e. The van der Waals surface area contributed by atoms with E-state index in [4.69, 9.17) is 14.0 Å². The highest BCUT2D eigenvalue weighted by Crippen LogP contribution is 2.31. The van der Waals surface area contributed by atoms with E-state index in [2.05, 4.69) is 15.6 Å². The van der Waals surface area contributed by atoms with Crippen LogP contribution in [0.3, 0.4) is 0 Å². The zero-order valence-electron chi connectivity index (χ0n) is 15.1. The van der Waals surface area contributed by atoms with Crippen molar-refractivity contribution in [2.24, 2.45) is 0 Å². The molecule has 0 aliphatic heterocycles. The topological polar surface area (TPSA) is 108 Å². The van der Waals surface area contributed by atoms with Gasteiger partial charge in [-0.15, -0.1) is 0 Å².